The molecule has 8 heteroatoms. The van der Waals surface area contributed by atoms with Gasteiger partial charge in [0, 0.05) is 25.8 Å². The Kier molecular flexibility index (Phi) is 5.14. The van der Waals surface area contributed by atoms with Gasteiger partial charge in [-0.15, -0.1) is 0 Å². The van der Waals surface area contributed by atoms with Gasteiger partial charge in [-0.1, -0.05) is 24.3 Å². The maximum Gasteiger partial charge on any atom is 0.328 e. The number of hydrogen-bond acceptors (Lipinski definition) is 5. The van der Waals surface area contributed by atoms with Gasteiger partial charge in [0.05, 0.1) is 6.54 Å². The lowest BCUT2D eigenvalue weighted by Gasteiger charge is -2.44. The lowest BCUT2D eigenvalue weighted by Crippen LogP contribution is -2.66. The topological polar surface area (TPSA) is 59.1 Å². The molecule has 7 nitrogen and oxygen atoms in total. The average molecular weight is 438 g/mol. The van der Waals surface area contributed by atoms with E-state index in [1.165, 1.54) is 28.2 Å². The van der Waals surface area contributed by atoms with Crippen LogP contribution in [0.3, 0.4) is 0 Å². The minimum absolute atomic E-state index is 0.130. The molecule has 32 heavy (non-hydrogen) atoms. The molecule has 0 saturated carbocycles. The normalized spacial score (nSPS) is 25.9. The van der Waals surface area contributed by atoms with E-state index in [-0.39, 0.29) is 30.6 Å². The predicted molar refractivity (Wildman–Crippen MR) is 119 cm³/mol. The highest BCUT2D eigenvalue weighted by molar-refractivity contribution is 6.00. The van der Waals surface area contributed by atoms with Crippen molar-refractivity contribution in [3.8, 4) is 0 Å². The van der Waals surface area contributed by atoms with Gasteiger partial charge in [0.1, 0.15) is 24.3 Å². The molecule has 3 fully saturated rings. The van der Waals surface area contributed by atoms with Gasteiger partial charge in [0.25, 0.3) is 5.91 Å². The van der Waals surface area contributed by atoms with E-state index >= 15 is 0 Å². The Labute approximate surface area is 187 Å². The second kappa shape index (κ2) is 7.86. The van der Waals surface area contributed by atoms with E-state index in [9.17, 15) is 14.0 Å². The lowest BCUT2D eigenvalue weighted by atomic mass is 10.1. The van der Waals surface area contributed by atoms with Gasteiger partial charge in [-0.2, -0.15) is 0 Å². The van der Waals surface area contributed by atoms with Crippen LogP contribution in [0.4, 0.5) is 14.9 Å². The number of aryl methyl sites for hydroxylation is 1. The molecular weight excluding hydrogens is 409 g/mol. The summed E-state index contributed by atoms with van der Waals surface area (Å²) in [6.07, 6.45) is 0.372. The Morgan fingerprint density at radius 1 is 1.06 bits per heavy atom. The summed E-state index contributed by atoms with van der Waals surface area (Å²) in [5.41, 5.74) is 4.32. The van der Waals surface area contributed by atoms with Crippen LogP contribution in [0.1, 0.15) is 23.1 Å². The third-order valence-electron chi connectivity index (χ3n) is 7.01. The summed E-state index contributed by atoms with van der Waals surface area (Å²) >= 11 is 0. The van der Waals surface area contributed by atoms with Crippen molar-refractivity contribution >= 4 is 17.6 Å². The van der Waals surface area contributed by atoms with Gasteiger partial charge in [-0.3, -0.25) is 19.9 Å². The number of nitrogens with zero attached hydrogens (tertiary/aromatic N) is 4. The zero-order chi connectivity index (χ0) is 22.6. The fraction of sp³-hybridized carbons (Fsp3) is 0.417. The van der Waals surface area contributed by atoms with E-state index < -0.39 is 12.2 Å². The number of benzene rings is 2. The first-order valence-corrected chi connectivity index (χ1v) is 11.0. The first-order valence-electron chi connectivity index (χ1n) is 11.0. The van der Waals surface area contributed by atoms with Crippen molar-refractivity contribution < 1.29 is 14.0 Å². The van der Waals surface area contributed by atoms with E-state index in [0.29, 0.717) is 0 Å². The van der Waals surface area contributed by atoms with Gasteiger partial charge < -0.3 is 9.80 Å². The number of fused-ring (bicyclic) bond motifs is 3. The Morgan fingerprint density at radius 2 is 1.81 bits per heavy atom. The molecule has 0 spiro atoms. The summed E-state index contributed by atoms with van der Waals surface area (Å²) in [5.74, 6) is -0.551. The molecule has 0 bridgehead atoms. The number of rotatable bonds is 3. The molecule has 0 aromatic heterocycles. The number of hydrogen-bond donors (Lipinski definition) is 1. The summed E-state index contributed by atoms with van der Waals surface area (Å²) in [7, 11) is 1.73. The zero-order valence-electron chi connectivity index (χ0n) is 18.6. The molecule has 2 aromatic carbocycles. The molecule has 3 unspecified atom stereocenters. The zero-order valence-corrected chi connectivity index (χ0v) is 18.6. The maximum absolute atomic E-state index is 13.6. The average Bonchev–Trinajstić information content (AvgIpc) is 3.18. The standard InChI is InChI=1S/C24H28FN5O2/c1-15-6-4-7-19(16(15)2)28-12-5-13-29-20-21(26-23(28)29)27(3)24(32)30(22(20)31)14-17-8-10-18(25)11-9-17/h4,6-11,20-21,23,26H,5,12-14H2,1-3H3. The van der Waals surface area contributed by atoms with Crippen LogP contribution in [-0.4, -0.2) is 65.3 Å². The van der Waals surface area contributed by atoms with E-state index in [1.807, 2.05) is 0 Å². The largest absolute Gasteiger partial charge is 0.343 e. The summed E-state index contributed by atoms with van der Waals surface area (Å²) in [6, 6.07) is 11.4. The van der Waals surface area contributed by atoms with Crippen molar-refractivity contribution in [3.63, 3.8) is 0 Å². The van der Waals surface area contributed by atoms with E-state index in [0.717, 1.165) is 30.8 Å². The van der Waals surface area contributed by atoms with Gasteiger partial charge in [-0.25, -0.2) is 9.18 Å². The number of halogens is 1. The van der Waals surface area contributed by atoms with E-state index in [1.54, 1.807) is 24.1 Å². The highest BCUT2D eigenvalue weighted by atomic mass is 19.1. The highest BCUT2D eigenvalue weighted by Crippen LogP contribution is 2.35. The SMILES string of the molecule is Cc1cccc(N2CCCN3C4C(=O)N(Cc5ccc(F)cc5)C(=O)N(C)C4NC23)c1C. The predicted octanol–water partition coefficient (Wildman–Crippen LogP) is 2.63. The van der Waals surface area contributed by atoms with Crippen molar-refractivity contribution in [1.82, 2.24) is 20.0 Å². The third kappa shape index (κ3) is 3.25. The van der Waals surface area contributed by atoms with Crippen molar-refractivity contribution in [1.29, 1.82) is 0 Å². The van der Waals surface area contributed by atoms with Crippen LogP contribution in [0.5, 0.6) is 0 Å². The number of amides is 3. The van der Waals surface area contributed by atoms with E-state index in [4.69, 9.17) is 0 Å². The van der Waals surface area contributed by atoms with Crippen LogP contribution >= 0.6 is 0 Å². The summed E-state index contributed by atoms with van der Waals surface area (Å²) in [6.45, 7) is 6.01. The molecule has 168 valence electrons. The number of carbonyl (C=O) groups is 2. The monoisotopic (exact) mass is 437 g/mol. The minimum Gasteiger partial charge on any atom is -0.343 e. The molecule has 3 aliphatic heterocycles. The molecule has 2 aromatic rings. The van der Waals surface area contributed by atoms with Crippen LogP contribution in [0.2, 0.25) is 0 Å². The molecule has 0 aliphatic carbocycles. The molecule has 1 N–H and O–H groups in total. The van der Waals surface area contributed by atoms with Crippen molar-refractivity contribution in [2.45, 2.75) is 45.3 Å². The molecule has 3 amide bonds. The van der Waals surface area contributed by atoms with Crippen LogP contribution in [0, 0.1) is 19.7 Å². The number of likely N-dealkylation sites (N-methyl/N-ethyl adjacent to an activating group) is 1. The molecule has 3 aliphatic rings. The quantitative estimate of drug-likeness (QED) is 0.800. The molecule has 3 atom stereocenters. The smallest absolute Gasteiger partial charge is 0.328 e. The van der Waals surface area contributed by atoms with Crippen LogP contribution in [-0.2, 0) is 11.3 Å². The van der Waals surface area contributed by atoms with Gasteiger partial charge >= 0.3 is 6.03 Å². The number of urea groups is 1. The molecular formula is C24H28FN5O2. The summed E-state index contributed by atoms with van der Waals surface area (Å²) < 4.78 is 13.3. The van der Waals surface area contributed by atoms with Gasteiger partial charge in [-0.05, 0) is 55.2 Å². The Balaban J connectivity index is 1.45. The lowest BCUT2D eigenvalue weighted by molar-refractivity contribution is -0.139. The Bertz CT molecular complexity index is 1060. The molecule has 3 heterocycles. The number of nitrogens with one attached hydrogen (secondary N) is 1. The second-order valence-corrected chi connectivity index (χ2v) is 8.88. The maximum atomic E-state index is 13.6. The molecule has 3 saturated heterocycles. The summed E-state index contributed by atoms with van der Waals surface area (Å²) in [4.78, 5) is 34.0. The van der Waals surface area contributed by atoms with Gasteiger partial charge in [0.15, 0.2) is 0 Å². The highest BCUT2D eigenvalue weighted by Gasteiger charge is 2.56. The Hall–Kier alpha value is -2.97. The van der Waals surface area contributed by atoms with Gasteiger partial charge in [0.2, 0.25) is 0 Å². The van der Waals surface area contributed by atoms with Crippen molar-refractivity contribution in [2.24, 2.45) is 0 Å². The Morgan fingerprint density at radius 3 is 2.56 bits per heavy atom. The minimum atomic E-state index is -0.462. The van der Waals surface area contributed by atoms with Crippen molar-refractivity contribution in [2.75, 3.05) is 25.0 Å². The molecule has 0 radical (unpaired) electrons. The molecule has 5 rings (SSSR count). The summed E-state index contributed by atoms with van der Waals surface area (Å²) in [5, 5.41) is 3.55. The van der Waals surface area contributed by atoms with Crippen LogP contribution < -0.4 is 10.2 Å². The number of imide groups is 1. The number of anilines is 1. The van der Waals surface area contributed by atoms with Crippen molar-refractivity contribution in [3.05, 3.63) is 65.0 Å². The van der Waals surface area contributed by atoms with E-state index in [2.05, 4.69) is 47.2 Å². The fourth-order valence-corrected chi connectivity index (χ4v) is 5.13. The van der Waals surface area contributed by atoms with Crippen LogP contribution in [0.25, 0.3) is 0 Å². The number of carbonyl (C=O) groups excluding carboxylic acids is 2. The fourth-order valence-electron chi connectivity index (χ4n) is 5.13. The second-order valence-electron chi connectivity index (χ2n) is 8.88. The first-order chi connectivity index (χ1) is 15.4. The first kappa shape index (κ1) is 20.9. The third-order valence-corrected chi connectivity index (χ3v) is 7.01. The van der Waals surface area contributed by atoms with Crippen LogP contribution in [0.15, 0.2) is 42.5 Å².